The molecule has 0 bridgehead atoms. The Morgan fingerprint density at radius 1 is 1.37 bits per heavy atom. The number of halogens is 4. The Morgan fingerprint density at radius 3 is 2.53 bits per heavy atom. The Morgan fingerprint density at radius 2 is 2.00 bits per heavy atom. The molecule has 3 nitrogen and oxygen atoms in total. The summed E-state index contributed by atoms with van der Waals surface area (Å²) in [6.07, 6.45) is -4.05. The van der Waals surface area contributed by atoms with Crippen molar-refractivity contribution in [2.24, 2.45) is 0 Å². The lowest BCUT2D eigenvalue weighted by Crippen LogP contribution is -2.46. The first kappa shape index (κ1) is 14.3. The second-order valence-electron chi connectivity index (χ2n) is 4.49. The maximum atomic E-state index is 12.6. The molecule has 0 radical (unpaired) electrons. The molecular formula is C12H11BrF3NO2. The van der Waals surface area contributed by atoms with Gasteiger partial charge in [0.15, 0.2) is 0 Å². The summed E-state index contributed by atoms with van der Waals surface area (Å²) in [7, 11) is 0. The molecule has 7 heteroatoms. The molecule has 19 heavy (non-hydrogen) atoms. The van der Waals surface area contributed by atoms with Crippen molar-refractivity contribution in [1.29, 1.82) is 0 Å². The van der Waals surface area contributed by atoms with E-state index < -0.39 is 23.8 Å². The highest BCUT2D eigenvalue weighted by atomic mass is 79.9. The lowest BCUT2D eigenvalue weighted by Gasteiger charge is -2.32. The van der Waals surface area contributed by atoms with Crippen LogP contribution in [-0.4, -0.2) is 23.2 Å². The van der Waals surface area contributed by atoms with Gasteiger partial charge in [0.1, 0.15) is 0 Å². The number of hydrogen-bond acceptors (Lipinski definition) is 2. The standard InChI is InChI=1S/C12H11BrF3NO2/c13-10-2-1-6(12(14,15)16)3-9(10)11(19)17-7-4-8(18)5-7/h1-3,7-8,18H,4-5H2,(H,17,19). The van der Waals surface area contributed by atoms with Crippen LogP contribution < -0.4 is 5.32 Å². The molecule has 0 heterocycles. The summed E-state index contributed by atoms with van der Waals surface area (Å²) in [5, 5.41) is 11.7. The Labute approximate surface area is 115 Å². The number of amides is 1. The van der Waals surface area contributed by atoms with Crippen molar-refractivity contribution in [1.82, 2.24) is 5.32 Å². The molecular weight excluding hydrogens is 327 g/mol. The maximum Gasteiger partial charge on any atom is 0.416 e. The number of alkyl halides is 3. The number of aliphatic hydroxyl groups is 1. The van der Waals surface area contributed by atoms with E-state index >= 15 is 0 Å². The molecule has 0 aromatic heterocycles. The van der Waals surface area contributed by atoms with Crippen LogP contribution in [0.25, 0.3) is 0 Å². The first-order valence-electron chi connectivity index (χ1n) is 5.63. The normalized spacial score (nSPS) is 22.8. The van der Waals surface area contributed by atoms with E-state index in [1.807, 2.05) is 0 Å². The van der Waals surface area contributed by atoms with Crippen molar-refractivity contribution < 1.29 is 23.1 Å². The number of rotatable bonds is 2. The molecule has 1 fully saturated rings. The molecule has 0 atom stereocenters. The van der Waals surface area contributed by atoms with E-state index in [-0.39, 0.29) is 11.6 Å². The Bertz CT molecular complexity index is 498. The molecule has 104 valence electrons. The van der Waals surface area contributed by atoms with Crippen LogP contribution in [0.5, 0.6) is 0 Å². The van der Waals surface area contributed by atoms with E-state index in [9.17, 15) is 18.0 Å². The average molecular weight is 338 g/mol. The van der Waals surface area contributed by atoms with Crippen LogP contribution >= 0.6 is 15.9 Å². The van der Waals surface area contributed by atoms with Gasteiger partial charge >= 0.3 is 6.18 Å². The van der Waals surface area contributed by atoms with Gasteiger partial charge in [0.25, 0.3) is 5.91 Å². The minimum absolute atomic E-state index is 0.0591. The van der Waals surface area contributed by atoms with Gasteiger partial charge in [-0.2, -0.15) is 13.2 Å². The lowest BCUT2D eigenvalue weighted by molar-refractivity contribution is -0.137. The van der Waals surface area contributed by atoms with Gasteiger partial charge in [-0.25, -0.2) is 0 Å². The summed E-state index contributed by atoms with van der Waals surface area (Å²) in [6.45, 7) is 0. The fraction of sp³-hybridized carbons (Fsp3) is 0.417. The highest BCUT2D eigenvalue weighted by Gasteiger charge is 2.33. The number of nitrogens with one attached hydrogen (secondary N) is 1. The largest absolute Gasteiger partial charge is 0.416 e. The van der Waals surface area contributed by atoms with Crippen LogP contribution in [0.3, 0.4) is 0 Å². The second-order valence-corrected chi connectivity index (χ2v) is 5.34. The van der Waals surface area contributed by atoms with E-state index in [0.29, 0.717) is 17.3 Å². The molecule has 0 unspecified atom stereocenters. The number of carbonyl (C=O) groups excluding carboxylic acids is 1. The highest BCUT2D eigenvalue weighted by molar-refractivity contribution is 9.10. The van der Waals surface area contributed by atoms with Gasteiger partial charge in [-0.1, -0.05) is 0 Å². The first-order chi connectivity index (χ1) is 8.77. The zero-order valence-corrected chi connectivity index (χ0v) is 11.3. The Kier molecular flexibility index (Phi) is 3.87. The van der Waals surface area contributed by atoms with E-state index in [2.05, 4.69) is 21.2 Å². The summed E-state index contributed by atoms with van der Waals surface area (Å²) in [5.41, 5.74) is -0.925. The fourth-order valence-corrected chi connectivity index (χ4v) is 2.27. The van der Waals surface area contributed by atoms with Crippen LogP contribution in [0.4, 0.5) is 13.2 Å². The minimum Gasteiger partial charge on any atom is -0.393 e. The number of benzene rings is 1. The molecule has 1 saturated carbocycles. The third kappa shape index (κ3) is 3.27. The molecule has 1 aliphatic rings. The zero-order chi connectivity index (χ0) is 14.2. The van der Waals surface area contributed by atoms with Crippen molar-refractivity contribution in [2.45, 2.75) is 31.2 Å². The average Bonchev–Trinajstić information content (AvgIpc) is 2.25. The second kappa shape index (κ2) is 5.13. The Balaban J connectivity index is 2.16. The summed E-state index contributed by atoms with van der Waals surface area (Å²) >= 11 is 3.06. The summed E-state index contributed by atoms with van der Waals surface area (Å²) in [4.78, 5) is 11.9. The molecule has 1 aliphatic carbocycles. The van der Waals surface area contributed by atoms with Crippen LogP contribution in [0, 0.1) is 0 Å². The smallest absolute Gasteiger partial charge is 0.393 e. The molecule has 2 N–H and O–H groups in total. The predicted molar refractivity (Wildman–Crippen MR) is 65.6 cm³/mol. The number of carbonyl (C=O) groups is 1. The van der Waals surface area contributed by atoms with Gasteiger partial charge in [-0.05, 0) is 47.0 Å². The minimum atomic E-state index is -4.48. The first-order valence-corrected chi connectivity index (χ1v) is 6.42. The van der Waals surface area contributed by atoms with Gasteiger partial charge in [-0.15, -0.1) is 0 Å². The number of hydrogen-bond donors (Lipinski definition) is 2. The SMILES string of the molecule is O=C(NC1CC(O)C1)c1cc(C(F)(F)F)ccc1Br. The van der Waals surface area contributed by atoms with Gasteiger partial charge in [0.05, 0.1) is 17.2 Å². The summed E-state index contributed by atoms with van der Waals surface area (Å²) in [6, 6.07) is 2.75. The third-order valence-corrected chi connectivity index (χ3v) is 3.68. The van der Waals surface area contributed by atoms with Crippen molar-refractivity contribution in [3.63, 3.8) is 0 Å². The van der Waals surface area contributed by atoms with Crippen LogP contribution in [-0.2, 0) is 6.18 Å². The molecule has 0 spiro atoms. The summed E-state index contributed by atoms with van der Waals surface area (Å²) < 4.78 is 38.0. The monoisotopic (exact) mass is 337 g/mol. The molecule has 1 aromatic rings. The van der Waals surface area contributed by atoms with Crippen LogP contribution in [0.1, 0.15) is 28.8 Å². The predicted octanol–water partition coefficient (Wildman–Crippen LogP) is 2.72. The van der Waals surface area contributed by atoms with Gasteiger partial charge in [0, 0.05) is 10.5 Å². The Hall–Kier alpha value is -1.08. The highest BCUT2D eigenvalue weighted by Crippen LogP contribution is 2.32. The van der Waals surface area contributed by atoms with E-state index in [1.165, 1.54) is 6.07 Å². The molecule has 0 aliphatic heterocycles. The molecule has 2 rings (SSSR count). The maximum absolute atomic E-state index is 12.6. The van der Waals surface area contributed by atoms with Crippen molar-refractivity contribution in [3.05, 3.63) is 33.8 Å². The van der Waals surface area contributed by atoms with E-state index in [0.717, 1.165) is 12.1 Å². The lowest BCUT2D eigenvalue weighted by atomic mass is 9.89. The van der Waals surface area contributed by atoms with Gasteiger partial charge in [-0.3, -0.25) is 4.79 Å². The van der Waals surface area contributed by atoms with E-state index in [1.54, 1.807) is 0 Å². The molecule has 1 aromatic carbocycles. The fourth-order valence-electron chi connectivity index (χ4n) is 1.84. The van der Waals surface area contributed by atoms with Crippen LogP contribution in [0.2, 0.25) is 0 Å². The van der Waals surface area contributed by atoms with Crippen LogP contribution in [0.15, 0.2) is 22.7 Å². The zero-order valence-electron chi connectivity index (χ0n) is 9.67. The quantitative estimate of drug-likeness (QED) is 0.871. The third-order valence-electron chi connectivity index (χ3n) is 2.99. The van der Waals surface area contributed by atoms with Crippen molar-refractivity contribution in [2.75, 3.05) is 0 Å². The van der Waals surface area contributed by atoms with Crippen molar-refractivity contribution in [3.8, 4) is 0 Å². The molecule has 1 amide bonds. The van der Waals surface area contributed by atoms with E-state index in [4.69, 9.17) is 5.11 Å². The molecule has 0 saturated heterocycles. The summed E-state index contributed by atoms with van der Waals surface area (Å²) in [5.74, 6) is -0.574. The topological polar surface area (TPSA) is 49.3 Å². The van der Waals surface area contributed by atoms with Gasteiger partial charge in [0.2, 0.25) is 0 Å². The van der Waals surface area contributed by atoms with Gasteiger partial charge < -0.3 is 10.4 Å². The number of aliphatic hydroxyl groups excluding tert-OH is 1. The van der Waals surface area contributed by atoms with Crippen molar-refractivity contribution >= 4 is 21.8 Å².